The van der Waals surface area contributed by atoms with E-state index in [9.17, 15) is 19.7 Å². The van der Waals surface area contributed by atoms with Crippen molar-refractivity contribution in [2.75, 3.05) is 0 Å². The lowest BCUT2D eigenvalue weighted by atomic mass is 10.2. The van der Waals surface area contributed by atoms with Crippen molar-refractivity contribution in [1.29, 1.82) is 0 Å². The number of rotatable bonds is 6. The van der Waals surface area contributed by atoms with E-state index in [0.29, 0.717) is 11.1 Å². The largest absolute Gasteiger partial charge is 0.422 e. The molecule has 3 aromatic rings. The fourth-order valence-electron chi connectivity index (χ4n) is 2.39. The van der Waals surface area contributed by atoms with E-state index < -0.39 is 16.8 Å². The number of esters is 1. The van der Waals surface area contributed by atoms with E-state index in [4.69, 9.17) is 4.74 Å². The zero-order valence-electron chi connectivity index (χ0n) is 15.0. The summed E-state index contributed by atoms with van der Waals surface area (Å²) in [6.45, 7) is 0. The Kier molecular flexibility index (Phi) is 6.06. The Balaban J connectivity index is 1.81. The van der Waals surface area contributed by atoms with E-state index in [-0.39, 0.29) is 17.0 Å². The molecule has 0 aliphatic heterocycles. The fraction of sp³-hybridized carbons (Fsp3) is 0. The number of ether oxygens (including phenoxy) is 1. The average molecular weight is 389 g/mol. The van der Waals surface area contributed by atoms with Crippen LogP contribution in [-0.4, -0.2) is 23.0 Å². The minimum Gasteiger partial charge on any atom is -0.422 e. The molecule has 1 N–H and O–H groups in total. The molecule has 144 valence electrons. The summed E-state index contributed by atoms with van der Waals surface area (Å²) in [5.41, 5.74) is 3.01. The average Bonchev–Trinajstić information content (AvgIpc) is 2.75. The van der Waals surface area contributed by atoms with Crippen LogP contribution in [0, 0.1) is 10.1 Å². The minimum atomic E-state index is -0.623. The maximum absolute atomic E-state index is 12.3. The van der Waals surface area contributed by atoms with Crippen LogP contribution in [-0.2, 0) is 0 Å². The number of benzene rings is 3. The number of hydrogen-bond acceptors (Lipinski definition) is 6. The van der Waals surface area contributed by atoms with Gasteiger partial charge in [0.15, 0.2) is 0 Å². The lowest BCUT2D eigenvalue weighted by Crippen LogP contribution is -2.17. The number of amides is 1. The van der Waals surface area contributed by atoms with Crippen molar-refractivity contribution in [2.45, 2.75) is 0 Å². The first-order chi connectivity index (χ1) is 14.0. The molecule has 0 aromatic heterocycles. The summed E-state index contributed by atoms with van der Waals surface area (Å²) < 4.78 is 5.34. The predicted octanol–water partition coefficient (Wildman–Crippen LogP) is 3.58. The Labute approximate surface area is 165 Å². The molecule has 0 radical (unpaired) electrons. The summed E-state index contributed by atoms with van der Waals surface area (Å²) in [5.74, 6) is -1.00. The second kappa shape index (κ2) is 9.05. The first-order valence-electron chi connectivity index (χ1n) is 8.49. The number of non-ortho nitro benzene ring substituents is 1. The molecular formula is C21H15N3O5. The van der Waals surface area contributed by atoms with Crippen molar-refractivity contribution in [3.8, 4) is 5.75 Å². The molecule has 0 heterocycles. The topological polar surface area (TPSA) is 111 Å². The van der Waals surface area contributed by atoms with Crippen LogP contribution < -0.4 is 10.2 Å². The Bertz CT molecular complexity index is 1070. The van der Waals surface area contributed by atoms with Crippen LogP contribution in [0.4, 0.5) is 5.69 Å². The smallest absolute Gasteiger partial charge is 0.343 e. The number of nitro groups is 1. The van der Waals surface area contributed by atoms with Gasteiger partial charge >= 0.3 is 5.97 Å². The number of carbonyl (C=O) groups excluding carboxylic acids is 2. The zero-order valence-corrected chi connectivity index (χ0v) is 15.0. The second-order valence-corrected chi connectivity index (χ2v) is 5.80. The third kappa shape index (κ3) is 5.10. The van der Waals surface area contributed by atoms with Crippen molar-refractivity contribution >= 4 is 23.8 Å². The summed E-state index contributed by atoms with van der Waals surface area (Å²) >= 11 is 0. The molecule has 3 rings (SSSR count). The van der Waals surface area contributed by atoms with E-state index in [1.807, 2.05) is 0 Å². The van der Waals surface area contributed by atoms with E-state index >= 15 is 0 Å². The monoisotopic (exact) mass is 389 g/mol. The van der Waals surface area contributed by atoms with Gasteiger partial charge in [0.25, 0.3) is 11.6 Å². The highest BCUT2D eigenvalue weighted by molar-refractivity contribution is 5.96. The van der Waals surface area contributed by atoms with Gasteiger partial charge in [0.05, 0.1) is 16.7 Å². The van der Waals surface area contributed by atoms with E-state index in [0.717, 1.165) is 0 Å². The summed E-state index contributed by atoms with van der Waals surface area (Å²) in [5, 5.41) is 14.9. The molecule has 3 aromatic carbocycles. The molecule has 0 spiro atoms. The lowest BCUT2D eigenvalue weighted by Gasteiger charge is -2.07. The van der Waals surface area contributed by atoms with Crippen LogP contribution in [0.5, 0.6) is 5.75 Å². The van der Waals surface area contributed by atoms with Gasteiger partial charge < -0.3 is 4.74 Å². The number of carbonyl (C=O) groups is 2. The third-order valence-corrected chi connectivity index (χ3v) is 3.82. The van der Waals surface area contributed by atoms with Gasteiger partial charge in [0.1, 0.15) is 5.75 Å². The van der Waals surface area contributed by atoms with Crippen LogP contribution in [0.25, 0.3) is 0 Å². The SMILES string of the molecule is O=C(N/N=C/c1cc([N+](=O)[O-])ccc1OC(=O)c1ccccc1)c1ccccc1. The van der Waals surface area contributed by atoms with Gasteiger partial charge in [-0.25, -0.2) is 10.2 Å². The molecule has 0 saturated carbocycles. The number of nitrogens with one attached hydrogen (secondary N) is 1. The molecule has 0 aliphatic rings. The number of nitro benzene ring substituents is 1. The molecule has 0 bridgehead atoms. The molecule has 0 unspecified atom stereocenters. The summed E-state index contributed by atoms with van der Waals surface area (Å²) in [6.07, 6.45) is 1.18. The molecule has 29 heavy (non-hydrogen) atoms. The third-order valence-electron chi connectivity index (χ3n) is 3.82. The molecule has 8 heteroatoms. The summed E-state index contributed by atoms with van der Waals surface area (Å²) in [4.78, 5) is 34.8. The highest BCUT2D eigenvalue weighted by atomic mass is 16.6. The number of hydrazone groups is 1. The molecule has 1 amide bonds. The first kappa shape index (κ1) is 19.4. The van der Waals surface area contributed by atoms with Crippen LogP contribution in [0.15, 0.2) is 84.0 Å². The van der Waals surface area contributed by atoms with E-state index in [1.165, 1.54) is 24.4 Å². The molecule has 0 atom stereocenters. The summed E-state index contributed by atoms with van der Waals surface area (Å²) in [6, 6.07) is 20.5. The molecule has 0 fully saturated rings. The Morgan fingerprint density at radius 1 is 0.931 bits per heavy atom. The molecule has 0 saturated heterocycles. The minimum absolute atomic E-state index is 0.0714. The van der Waals surface area contributed by atoms with Crippen molar-refractivity contribution in [1.82, 2.24) is 5.43 Å². The van der Waals surface area contributed by atoms with Crippen LogP contribution in [0.3, 0.4) is 0 Å². The van der Waals surface area contributed by atoms with Gasteiger partial charge in [-0.05, 0) is 30.3 Å². The lowest BCUT2D eigenvalue weighted by molar-refractivity contribution is -0.384. The van der Waals surface area contributed by atoms with Crippen molar-refractivity contribution in [3.05, 3.63) is 106 Å². The fourth-order valence-corrected chi connectivity index (χ4v) is 2.39. The van der Waals surface area contributed by atoms with Gasteiger partial charge in [0.2, 0.25) is 0 Å². The van der Waals surface area contributed by atoms with Gasteiger partial charge in [-0.3, -0.25) is 14.9 Å². The van der Waals surface area contributed by atoms with Crippen LogP contribution >= 0.6 is 0 Å². The zero-order chi connectivity index (χ0) is 20.6. The quantitative estimate of drug-likeness (QED) is 0.228. The van der Waals surface area contributed by atoms with Crippen molar-refractivity contribution < 1.29 is 19.2 Å². The van der Waals surface area contributed by atoms with Crippen molar-refractivity contribution in [2.24, 2.45) is 5.10 Å². The van der Waals surface area contributed by atoms with Gasteiger partial charge in [-0.2, -0.15) is 5.10 Å². The first-order valence-corrected chi connectivity index (χ1v) is 8.49. The normalized spacial score (nSPS) is 10.5. The molecule has 0 aliphatic carbocycles. The van der Waals surface area contributed by atoms with Gasteiger partial charge in [0, 0.05) is 23.3 Å². The van der Waals surface area contributed by atoms with Crippen LogP contribution in [0.2, 0.25) is 0 Å². The Hall–Kier alpha value is -4.33. The maximum atomic E-state index is 12.3. The van der Waals surface area contributed by atoms with Gasteiger partial charge in [-0.1, -0.05) is 36.4 Å². The van der Waals surface area contributed by atoms with Crippen LogP contribution in [0.1, 0.15) is 26.3 Å². The number of hydrogen-bond donors (Lipinski definition) is 1. The molecule has 8 nitrogen and oxygen atoms in total. The highest BCUT2D eigenvalue weighted by Crippen LogP contribution is 2.24. The maximum Gasteiger partial charge on any atom is 0.343 e. The Morgan fingerprint density at radius 2 is 1.55 bits per heavy atom. The highest BCUT2D eigenvalue weighted by Gasteiger charge is 2.15. The summed E-state index contributed by atoms with van der Waals surface area (Å²) in [7, 11) is 0. The standard InChI is InChI=1S/C21H15N3O5/c25-20(15-7-3-1-4-8-15)23-22-14-17-13-18(24(27)28)11-12-19(17)29-21(26)16-9-5-2-6-10-16/h1-14H,(H,23,25)/b22-14+. The second-order valence-electron chi connectivity index (χ2n) is 5.80. The number of nitrogens with zero attached hydrogens (tertiary/aromatic N) is 2. The van der Waals surface area contributed by atoms with E-state index in [1.54, 1.807) is 60.7 Å². The van der Waals surface area contributed by atoms with Gasteiger partial charge in [-0.15, -0.1) is 0 Å². The Morgan fingerprint density at radius 3 is 2.17 bits per heavy atom. The van der Waals surface area contributed by atoms with Crippen molar-refractivity contribution in [3.63, 3.8) is 0 Å². The predicted molar refractivity (Wildman–Crippen MR) is 106 cm³/mol. The van der Waals surface area contributed by atoms with E-state index in [2.05, 4.69) is 10.5 Å². The molecular weight excluding hydrogens is 374 g/mol.